The molecule has 0 fully saturated rings. The maximum Gasteiger partial charge on any atom is 0.152 e. The summed E-state index contributed by atoms with van der Waals surface area (Å²) in [5.41, 5.74) is 8.85. The number of anilines is 2. The number of rotatable bonds is 1. The third kappa shape index (κ3) is 2.04. The molecule has 3 aromatic rings. The van der Waals surface area contributed by atoms with E-state index in [0.717, 1.165) is 40.0 Å². The van der Waals surface area contributed by atoms with Crippen molar-refractivity contribution in [3.05, 3.63) is 41.0 Å². The number of hydrogen-bond acceptors (Lipinski definition) is 5. The molecular formula is C14H13BrN6. The number of aromatic nitrogens is 4. The molecule has 0 spiro atoms. The lowest BCUT2D eigenvalue weighted by Gasteiger charge is -2.30. The molecule has 1 aliphatic rings. The number of nitrogen functional groups attached to an aromatic ring is 1. The lowest BCUT2D eigenvalue weighted by molar-refractivity contribution is 0.561. The third-order valence-electron chi connectivity index (χ3n) is 3.78. The Labute approximate surface area is 129 Å². The van der Waals surface area contributed by atoms with Crippen molar-refractivity contribution in [1.29, 1.82) is 0 Å². The summed E-state index contributed by atoms with van der Waals surface area (Å²) in [6.45, 7) is 2.44. The van der Waals surface area contributed by atoms with Crippen molar-refractivity contribution < 1.29 is 0 Å². The van der Waals surface area contributed by atoms with E-state index in [4.69, 9.17) is 5.73 Å². The Hall–Kier alpha value is -2.15. The van der Waals surface area contributed by atoms with Crippen LogP contribution in [0.3, 0.4) is 0 Å². The summed E-state index contributed by atoms with van der Waals surface area (Å²) in [5, 5.41) is 9.18. The monoisotopic (exact) mass is 344 g/mol. The molecule has 0 aliphatic carbocycles. The van der Waals surface area contributed by atoms with Crippen LogP contribution in [0.2, 0.25) is 0 Å². The Morgan fingerprint density at radius 3 is 3.05 bits per heavy atom. The third-order valence-corrected chi connectivity index (χ3v) is 4.28. The molecule has 1 aromatic carbocycles. The van der Waals surface area contributed by atoms with E-state index in [1.807, 2.05) is 12.1 Å². The molecule has 0 radical (unpaired) electrons. The van der Waals surface area contributed by atoms with Crippen LogP contribution >= 0.6 is 15.9 Å². The molecular weight excluding hydrogens is 332 g/mol. The van der Waals surface area contributed by atoms with Crippen molar-refractivity contribution in [3.63, 3.8) is 0 Å². The molecule has 0 atom stereocenters. The molecule has 4 rings (SSSR count). The van der Waals surface area contributed by atoms with Crippen molar-refractivity contribution in [1.82, 2.24) is 19.7 Å². The van der Waals surface area contributed by atoms with E-state index in [0.29, 0.717) is 12.2 Å². The maximum absolute atomic E-state index is 6.20. The Morgan fingerprint density at radius 1 is 1.24 bits per heavy atom. The molecule has 0 amide bonds. The van der Waals surface area contributed by atoms with Crippen LogP contribution in [-0.2, 0) is 13.1 Å². The summed E-state index contributed by atoms with van der Waals surface area (Å²) in [6, 6.07) is 6.05. The number of fused-ring (bicyclic) bond motifs is 2. The zero-order valence-electron chi connectivity index (χ0n) is 11.2. The average molecular weight is 345 g/mol. The van der Waals surface area contributed by atoms with E-state index in [-0.39, 0.29) is 0 Å². The summed E-state index contributed by atoms with van der Waals surface area (Å²) in [4.78, 5) is 6.65. The normalized spacial score (nSPS) is 14.4. The second-order valence-electron chi connectivity index (χ2n) is 5.09. The lowest BCUT2D eigenvalue weighted by atomic mass is 10.1. The van der Waals surface area contributed by atoms with Gasteiger partial charge in [-0.15, -0.1) is 10.2 Å². The van der Waals surface area contributed by atoms with Gasteiger partial charge in [-0.2, -0.15) is 0 Å². The van der Waals surface area contributed by atoms with Crippen molar-refractivity contribution >= 4 is 38.2 Å². The van der Waals surface area contributed by atoms with Crippen LogP contribution in [0.4, 0.5) is 11.4 Å². The number of pyridine rings is 1. The molecule has 2 N–H and O–H groups in total. The van der Waals surface area contributed by atoms with Crippen LogP contribution in [-0.4, -0.2) is 26.3 Å². The van der Waals surface area contributed by atoms with Crippen molar-refractivity contribution in [2.45, 2.75) is 13.1 Å². The largest absolute Gasteiger partial charge is 0.396 e. The first-order valence-electron chi connectivity index (χ1n) is 6.68. The van der Waals surface area contributed by atoms with E-state index in [1.54, 1.807) is 12.5 Å². The minimum atomic E-state index is 0.688. The number of hydrogen-bond donors (Lipinski definition) is 1. The van der Waals surface area contributed by atoms with E-state index in [2.05, 4.69) is 46.6 Å². The van der Waals surface area contributed by atoms with Crippen LogP contribution in [0.25, 0.3) is 10.9 Å². The van der Waals surface area contributed by atoms with Gasteiger partial charge in [0.2, 0.25) is 0 Å². The van der Waals surface area contributed by atoms with Gasteiger partial charge in [0.05, 0.1) is 29.6 Å². The summed E-state index contributed by atoms with van der Waals surface area (Å²) >= 11 is 3.52. The number of halogens is 1. The number of nitrogens with zero attached hydrogens (tertiary/aromatic N) is 5. The van der Waals surface area contributed by atoms with Gasteiger partial charge in [-0.25, -0.2) is 0 Å². The van der Waals surface area contributed by atoms with Gasteiger partial charge >= 0.3 is 0 Å². The highest BCUT2D eigenvalue weighted by molar-refractivity contribution is 9.10. The Morgan fingerprint density at radius 2 is 2.14 bits per heavy atom. The molecule has 21 heavy (non-hydrogen) atoms. The fraction of sp³-hybridized carbons (Fsp3) is 0.214. The summed E-state index contributed by atoms with van der Waals surface area (Å²) in [5.74, 6) is 0.959. The first kappa shape index (κ1) is 12.6. The van der Waals surface area contributed by atoms with E-state index >= 15 is 0 Å². The van der Waals surface area contributed by atoms with E-state index < -0.39 is 0 Å². The molecule has 3 heterocycles. The van der Waals surface area contributed by atoms with Crippen LogP contribution in [0.5, 0.6) is 0 Å². The van der Waals surface area contributed by atoms with Crippen LogP contribution in [0, 0.1) is 0 Å². The predicted octanol–water partition coefficient (Wildman–Crippen LogP) is 2.19. The first-order chi connectivity index (χ1) is 10.2. The van der Waals surface area contributed by atoms with Gasteiger partial charge in [-0.3, -0.25) is 4.98 Å². The Bertz CT molecular complexity index is 822. The smallest absolute Gasteiger partial charge is 0.152 e. The second kappa shape index (κ2) is 4.70. The van der Waals surface area contributed by atoms with E-state index in [1.165, 1.54) is 0 Å². The highest BCUT2D eigenvalue weighted by Gasteiger charge is 2.21. The van der Waals surface area contributed by atoms with Gasteiger partial charge in [0, 0.05) is 22.9 Å². The van der Waals surface area contributed by atoms with Crippen molar-refractivity contribution in [2.24, 2.45) is 0 Å². The molecule has 0 saturated carbocycles. The van der Waals surface area contributed by atoms with Crippen molar-refractivity contribution in [2.75, 3.05) is 17.2 Å². The number of benzene rings is 1. The van der Waals surface area contributed by atoms with Gasteiger partial charge in [0.1, 0.15) is 6.33 Å². The van der Waals surface area contributed by atoms with Gasteiger partial charge in [-0.1, -0.05) is 15.9 Å². The molecule has 0 saturated heterocycles. The van der Waals surface area contributed by atoms with Crippen LogP contribution < -0.4 is 10.6 Å². The van der Waals surface area contributed by atoms with Crippen LogP contribution in [0.15, 0.2) is 35.2 Å². The molecule has 106 valence electrons. The van der Waals surface area contributed by atoms with Gasteiger partial charge in [0.25, 0.3) is 0 Å². The highest BCUT2D eigenvalue weighted by Crippen LogP contribution is 2.34. The molecule has 7 heteroatoms. The Balaban J connectivity index is 1.86. The summed E-state index contributed by atoms with van der Waals surface area (Å²) in [7, 11) is 0. The Kier molecular flexibility index (Phi) is 2.81. The predicted molar refractivity (Wildman–Crippen MR) is 84.9 cm³/mol. The zero-order chi connectivity index (χ0) is 14.4. The highest BCUT2D eigenvalue weighted by atomic mass is 79.9. The number of nitrogens with two attached hydrogens (primary N) is 1. The first-order valence-corrected chi connectivity index (χ1v) is 7.47. The minimum Gasteiger partial charge on any atom is -0.396 e. The molecule has 0 bridgehead atoms. The topological polar surface area (TPSA) is 72.9 Å². The fourth-order valence-electron chi connectivity index (χ4n) is 2.78. The maximum atomic E-state index is 6.20. The SMILES string of the molecule is Nc1cnc2ccc(Br)cc2c1N1CCn2cnnc2C1. The quantitative estimate of drug-likeness (QED) is 0.732. The zero-order valence-corrected chi connectivity index (χ0v) is 12.8. The molecule has 2 aromatic heterocycles. The van der Waals surface area contributed by atoms with Gasteiger partial charge < -0.3 is 15.2 Å². The van der Waals surface area contributed by atoms with Gasteiger partial charge in [-0.05, 0) is 18.2 Å². The average Bonchev–Trinajstić information content (AvgIpc) is 2.94. The van der Waals surface area contributed by atoms with Gasteiger partial charge in [0.15, 0.2) is 5.82 Å². The molecule has 6 nitrogen and oxygen atoms in total. The fourth-order valence-corrected chi connectivity index (χ4v) is 3.14. The van der Waals surface area contributed by atoms with Crippen molar-refractivity contribution in [3.8, 4) is 0 Å². The minimum absolute atomic E-state index is 0.688. The molecule has 1 aliphatic heterocycles. The summed E-state index contributed by atoms with van der Waals surface area (Å²) < 4.78 is 3.09. The summed E-state index contributed by atoms with van der Waals surface area (Å²) in [6.07, 6.45) is 3.50. The lowest BCUT2D eigenvalue weighted by Crippen LogP contribution is -2.34. The standard InChI is InChI=1S/C14H13BrN6/c15-9-1-2-12-10(5-9)14(11(16)6-17-12)20-3-4-21-8-18-19-13(21)7-20/h1-2,5-6,8H,3-4,7,16H2. The van der Waals surface area contributed by atoms with E-state index in [9.17, 15) is 0 Å². The molecule has 0 unspecified atom stereocenters. The second-order valence-corrected chi connectivity index (χ2v) is 6.00. The van der Waals surface area contributed by atoms with Crippen LogP contribution in [0.1, 0.15) is 5.82 Å².